The molecule has 0 aromatic heterocycles. The monoisotopic (exact) mass is 359 g/mol. The molecule has 0 saturated carbocycles. The quantitative estimate of drug-likeness (QED) is 0.710. The van der Waals surface area contributed by atoms with Crippen molar-refractivity contribution in [1.29, 1.82) is 0 Å². The molecule has 2 atom stereocenters. The topological polar surface area (TPSA) is 40.5 Å². The van der Waals surface area contributed by atoms with Crippen molar-refractivity contribution >= 4 is 16.7 Å². The summed E-state index contributed by atoms with van der Waals surface area (Å²) >= 11 is 0. The van der Waals surface area contributed by atoms with E-state index in [0.29, 0.717) is 6.54 Å². The summed E-state index contributed by atoms with van der Waals surface area (Å²) in [6.45, 7) is 3.66. The molecule has 0 spiro atoms. The highest BCUT2D eigenvalue weighted by molar-refractivity contribution is 5.86. The van der Waals surface area contributed by atoms with E-state index in [-0.39, 0.29) is 12.0 Å². The Balaban J connectivity index is 1.86. The molecule has 1 saturated heterocycles. The number of carboxylic acids is 1. The molecular weight excluding hydrogens is 334 g/mol. The van der Waals surface area contributed by atoms with E-state index in [1.165, 1.54) is 27.5 Å². The van der Waals surface area contributed by atoms with E-state index in [9.17, 15) is 9.90 Å². The number of rotatable bonds is 4. The van der Waals surface area contributed by atoms with Gasteiger partial charge in [0, 0.05) is 6.54 Å². The number of carboxylic acid groups (broad SMARTS) is 1. The number of likely N-dealkylation sites (tertiary alicyclic amines) is 1. The van der Waals surface area contributed by atoms with Gasteiger partial charge in [-0.05, 0) is 53.8 Å². The Hall–Kier alpha value is -2.65. The Morgan fingerprint density at radius 1 is 1.00 bits per heavy atom. The van der Waals surface area contributed by atoms with Crippen LogP contribution in [0.5, 0.6) is 0 Å². The van der Waals surface area contributed by atoms with E-state index in [2.05, 4.69) is 78.6 Å². The molecule has 1 N–H and O–H groups in total. The average molecular weight is 359 g/mol. The third-order valence-electron chi connectivity index (χ3n) is 5.77. The maximum absolute atomic E-state index is 11.6. The van der Waals surface area contributed by atoms with E-state index < -0.39 is 5.97 Å². The van der Waals surface area contributed by atoms with Crippen molar-refractivity contribution in [2.45, 2.75) is 25.8 Å². The highest BCUT2D eigenvalue weighted by Gasteiger charge is 2.32. The second-order valence-corrected chi connectivity index (χ2v) is 7.50. The first kappa shape index (κ1) is 17.7. The fourth-order valence-electron chi connectivity index (χ4n) is 4.39. The van der Waals surface area contributed by atoms with Gasteiger partial charge in [0.05, 0.1) is 12.0 Å². The van der Waals surface area contributed by atoms with E-state index in [0.717, 1.165) is 19.4 Å². The van der Waals surface area contributed by atoms with Crippen molar-refractivity contribution in [3.63, 3.8) is 0 Å². The normalized spacial score (nSPS) is 19.1. The van der Waals surface area contributed by atoms with Crippen molar-refractivity contribution in [3.8, 4) is 0 Å². The Labute approximate surface area is 160 Å². The van der Waals surface area contributed by atoms with Crippen LogP contribution >= 0.6 is 0 Å². The van der Waals surface area contributed by atoms with Crippen LogP contribution < -0.4 is 0 Å². The average Bonchev–Trinajstić information content (AvgIpc) is 2.70. The minimum absolute atomic E-state index is 0.0689. The van der Waals surface area contributed by atoms with Crippen molar-refractivity contribution in [2.24, 2.45) is 5.92 Å². The lowest BCUT2D eigenvalue weighted by Gasteiger charge is -2.38. The number of carbonyl (C=O) groups is 1. The van der Waals surface area contributed by atoms with Crippen LogP contribution in [0.15, 0.2) is 66.7 Å². The van der Waals surface area contributed by atoms with Gasteiger partial charge in [-0.1, -0.05) is 66.7 Å². The number of aryl methyl sites for hydroxylation is 1. The largest absolute Gasteiger partial charge is 0.481 e. The highest BCUT2D eigenvalue weighted by atomic mass is 16.4. The minimum Gasteiger partial charge on any atom is -0.481 e. The van der Waals surface area contributed by atoms with Crippen molar-refractivity contribution in [1.82, 2.24) is 4.90 Å². The molecule has 3 aromatic carbocycles. The van der Waals surface area contributed by atoms with Crippen LogP contribution in [0.2, 0.25) is 0 Å². The van der Waals surface area contributed by atoms with Gasteiger partial charge in [0.25, 0.3) is 0 Å². The summed E-state index contributed by atoms with van der Waals surface area (Å²) in [6.07, 6.45) is 1.69. The summed E-state index contributed by atoms with van der Waals surface area (Å²) in [5.74, 6) is -0.971. The predicted octanol–water partition coefficient (Wildman–Crippen LogP) is 5.03. The summed E-state index contributed by atoms with van der Waals surface area (Å²) < 4.78 is 0. The zero-order chi connectivity index (χ0) is 18.8. The molecule has 1 heterocycles. The number of hydrogen-bond acceptors (Lipinski definition) is 2. The third-order valence-corrected chi connectivity index (χ3v) is 5.77. The van der Waals surface area contributed by atoms with Gasteiger partial charge in [0.15, 0.2) is 0 Å². The summed E-state index contributed by atoms with van der Waals surface area (Å²) in [7, 11) is 0. The molecule has 0 bridgehead atoms. The molecular formula is C24H25NO2. The lowest BCUT2D eigenvalue weighted by atomic mass is 9.87. The van der Waals surface area contributed by atoms with Gasteiger partial charge in [0.2, 0.25) is 0 Å². The summed E-state index contributed by atoms with van der Waals surface area (Å²) in [5.41, 5.74) is 3.77. The Bertz CT molecular complexity index is 960. The lowest BCUT2D eigenvalue weighted by molar-refractivity contribution is -0.143. The fourth-order valence-corrected chi connectivity index (χ4v) is 4.39. The van der Waals surface area contributed by atoms with Gasteiger partial charge in [-0.3, -0.25) is 9.69 Å². The van der Waals surface area contributed by atoms with Crippen LogP contribution in [0, 0.1) is 12.8 Å². The van der Waals surface area contributed by atoms with Gasteiger partial charge in [0.1, 0.15) is 0 Å². The molecule has 2 unspecified atom stereocenters. The van der Waals surface area contributed by atoms with Gasteiger partial charge < -0.3 is 5.11 Å². The van der Waals surface area contributed by atoms with E-state index >= 15 is 0 Å². The molecule has 0 radical (unpaired) electrons. The summed E-state index contributed by atoms with van der Waals surface area (Å²) in [5, 5.41) is 12.0. The molecule has 0 amide bonds. The predicted molar refractivity (Wildman–Crippen MR) is 109 cm³/mol. The Morgan fingerprint density at radius 2 is 1.70 bits per heavy atom. The molecule has 27 heavy (non-hydrogen) atoms. The van der Waals surface area contributed by atoms with Gasteiger partial charge in [-0.25, -0.2) is 0 Å². The smallest absolute Gasteiger partial charge is 0.307 e. The van der Waals surface area contributed by atoms with E-state index in [1.54, 1.807) is 0 Å². The Morgan fingerprint density at radius 3 is 2.52 bits per heavy atom. The number of benzene rings is 3. The summed E-state index contributed by atoms with van der Waals surface area (Å²) in [6, 6.07) is 23.5. The van der Waals surface area contributed by atoms with Crippen LogP contribution in [-0.2, 0) is 4.79 Å². The first-order valence-electron chi connectivity index (χ1n) is 9.65. The van der Waals surface area contributed by atoms with Crippen LogP contribution in [0.1, 0.15) is 35.6 Å². The third kappa shape index (κ3) is 3.47. The zero-order valence-corrected chi connectivity index (χ0v) is 15.6. The second-order valence-electron chi connectivity index (χ2n) is 7.50. The minimum atomic E-state index is -0.679. The maximum atomic E-state index is 11.6. The molecule has 3 heteroatoms. The van der Waals surface area contributed by atoms with Crippen LogP contribution in [-0.4, -0.2) is 29.1 Å². The van der Waals surface area contributed by atoms with E-state index in [1.807, 2.05) is 0 Å². The number of aliphatic carboxylic acids is 1. The molecule has 4 rings (SSSR count). The fraction of sp³-hybridized carbons (Fsp3) is 0.292. The second kappa shape index (κ2) is 7.53. The zero-order valence-electron chi connectivity index (χ0n) is 15.6. The SMILES string of the molecule is Cc1ccccc1C(c1cccc2ccccc12)N1CCCC(C(=O)O)C1. The molecule has 3 aromatic rings. The lowest BCUT2D eigenvalue weighted by Crippen LogP contribution is -2.41. The first-order valence-corrected chi connectivity index (χ1v) is 9.65. The molecule has 1 fully saturated rings. The van der Waals surface area contributed by atoms with Crippen molar-refractivity contribution in [2.75, 3.05) is 13.1 Å². The maximum Gasteiger partial charge on any atom is 0.307 e. The number of piperidine rings is 1. The van der Waals surface area contributed by atoms with E-state index in [4.69, 9.17) is 0 Å². The van der Waals surface area contributed by atoms with Gasteiger partial charge >= 0.3 is 5.97 Å². The number of hydrogen-bond donors (Lipinski definition) is 1. The molecule has 1 aliphatic heterocycles. The van der Waals surface area contributed by atoms with Crippen molar-refractivity contribution in [3.05, 3.63) is 83.4 Å². The molecule has 138 valence electrons. The van der Waals surface area contributed by atoms with Crippen molar-refractivity contribution < 1.29 is 9.90 Å². The number of fused-ring (bicyclic) bond motifs is 1. The molecule has 3 nitrogen and oxygen atoms in total. The first-order chi connectivity index (χ1) is 13.1. The summed E-state index contributed by atoms with van der Waals surface area (Å²) in [4.78, 5) is 14.0. The standard InChI is InChI=1S/C24H25NO2/c1-17-8-2-4-12-20(17)23(25-15-7-11-19(16-25)24(26)27)22-14-6-10-18-9-3-5-13-21(18)22/h2-6,8-10,12-14,19,23H,7,11,15-16H2,1H3,(H,26,27). The molecule has 1 aliphatic rings. The van der Waals surface area contributed by atoms with Crippen LogP contribution in [0.4, 0.5) is 0 Å². The molecule has 0 aliphatic carbocycles. The van der Waals surface area contributed by atoms with Crippen LogP contribution in [0.25, 0.3) is 10.8 Å². The van der Waals surface area contributed by atoms with Gasteiger partial charge in [-0.2, -0.15) is 0 Å². The number of nitrogens with zero attached hydrogens (tertiary/aromatic N) is 1. The van der Waals surface area contributed by atoms with Gasteiger partial charge in [-0.15, -0.1) is 0 Å². The highest BCUT2D eigenvalue weighted by Crippen LogP contribution is 2.37. The Kier molecular flexibility index (Phi) is 4.95. The van der Waals surface area contributed by atoms with Crippen LogP contribution in [0.3, 0.4) is 0 Å².